The molecule has 0 saturated carbocycles. The number of aryl methyl sites for hydroxylation is 1. The molecule has 0 aliphatic carbocycles. The van der Waals surface area contributed by atoms with Crippen LogP contribution in [-0.4, -0.2) is 8.42 Å². The van der Waals surface area contributed by atoms with Crippen LogP contribution in [0.3, 0.4) is 0 Å². The highest BCUT2D eigenvalue weighted by molar-refractivity contribution is 7.89. The van der Waals surface area contributed by atoms with Crippen LogP contribution in [0.5, 0.6) is 0 Å². The Kier molecular flexibility index (Phi) is 3.80. The molecule has 0 atom stereocenters. The van der Waals surface area contributed by atoms with Gasteiger partial charge in [0.15, 0.2) is 0 Å². The van der Waals surface area contributed by atoms with Crippen molar-refractivity contribution in [3.8, 4) is 0 Å². The smallest absolute Gasteiger partial charge is 0.207 e. The molecule has 3 nitrogen and oxygen atoms in total. The molecular weight excluding hydrogens is 278 g/mol. The van der Waals surface area contributed by atoms with E-state index < -0.39 is 15.6 Å². The lowest BCUT2D eigenvalue weighted by Gasteiger charge is -2.24. The fraction of sp³-hybridized carbons (Fsp3) is 0.286. The Bertz CT molecular complexity index is 641. The van der Waals surface area contributed by atoms with Gasteiger partial charge in [-0.1, -0.05) is 23.8 Å². The molecule has 19 heavy (non-hydrogen) atoms. The summed E-state index contributed by atoms with van der Waals surface area (Å²) in [6.45, 7) is 5.66. The summed E-state index contributed by atoms with van der Waals surface area (Å²) in [5.74, 6) is 0. The first-order chi connectivity index (χ1) is 8.81. The molecular formula is C14H17NO2S2. The van der Waals surface area contributed by atoms with E-state index in [0.717, 1.165) is 10.4 Å². The van der Waals surface area contributed by atoms with E-state index in [0.29, 0.717) is 4.90 Å². The largest absolute Gasteiger partial charge is 0.241 e. The van der Waals surface area contributed by atoms with Crippen molar-refractivity contribution in [2.45, 2.75) is 31.2 Å². The quantitative estimate of drug-likeness (QED) is 0.941. The molecule has 2 aromatic rings. The van der Waals surface area contributed by atoms with Crippen LogP contribution in [0.4, 0.5) is 0 Å². The molecule has 1 heterocycles. The van der Waals surface area contributed by atoms with Crippen LogP contribution in [-0.2, 0) is 15.6 Å². The zero-order valence-electron chi connectivity index (χ0n) is 11.2. The van der Waals surface area contributed by atoms with E-state index in [-0.39, 0.29) is 0 Å². The molecule has 0 radical (unpaired) electrons. The molecule has 2 rings (SSSR count). The minimum Gasteiger partial charge on any atom is -0.207 e. The number of benzene rings is 1. The summed E-state index contributed by atoms with van der Waals surface area (Å²) in [4.78, 5) is 1.28. The lowest BCUT2D eigenvalue weighted by molar-refractivity contribution is 0.480. The standard InChI is InChI=1S/C14H17NO2S2/c1-11-6-8-12(9-7-11)19(16,17)15-14(2,3)13-5-4-10-18-13/h4-10,15H,1-3H3. The number of thiophene rings is 1. The molecule has 0 aliphatic rings. The van der Waals surface area contributed by atoms with Crippen LogP contribution in [0.1, 0.15) is 24.3 Å². The average molecular weight is 295 g/mol. The van der Waals surface area contributed by atoms with Gasteiger partial charge in [0, 0.05) is 4.88 Å². The van der Waals surface area contributed by atoms with Crippen molar-refractivity contribution in [1.29, 1.82) is 0 Å². The molecule has 102 valence electrons. The zero-order chi connectivity index (χ0) is 14.1. The van der Waals surface area contributed by atoms with E-state index in [2.05, 4.69) is 4.72 Å². The van der Waals surface area contributed by atoms with Gasteiger partial charge in [-0.15, -0.1) is 11.3 Å². The van der Waals surface area contributed by atoms with Crippen molar-refractivity contribution in [3.05, 3.63) is 52.2 Å². The van der Waals surface area contributed by atoms with E-state index in [1.54, 1.807) is 35.6 Å². The molecule has 1 N–H and O–H groups in total. The molecule has 0 amide bonds. The van der Waals surface area contributed by atoms with Crippen molar-refractivity contribution in [2.75, 3.05) is 0 Å². The van der Waals surface area contributed by atoms with Crippen LogP contribution >= 0.6 is 11.3 Å². The summed E-state index contributed by atoms with van der Waals surface area (Å²) in [5.41, 5.74) is 0.425. The Morgan fingerprint density at radius 3 is 2.26 bits per heavy atom. The Hall–Kier alpha value is -1.17. The second kappa shape index (κ2) is 5.07. The monoisotopic (exact) mass is 295 g/mol. The minimum absolute atomic E-state index is 0.294. The number of hydrogen-bond acceptors (Lipinski definition) is 3. The second-order valence-corrected chi connectivity index (χ2v) is 7.65. The van der Waals surface area contributed by atoms with Crippen LogP contribution in [0, 0.1) is 6.92 Å². The Balaban J connectivity index is 2.29. The summed E-state index contributed by atoms with van der Waals surface area (Å²) < 4.78 is 27.4. The first-order valence-corrected chi connectivity index (χ1v) is 8.32. The number of sulfonamides is 1. The molecule has 0 saturated heterocycles. The predicted molar refractivity (Wildman–Crippen MR) is 78.8 cm³/mol. The molecule has 0 bridgehead atoms. The fourth-order valence-electron chi connectivity index (χ4n) is 1.80. The molecule has 0 unspecified atom stereocenters. The van der Waals surface area contributed by atoms with Gasteiger partial charge in [0.1, 0.15) is 0 Å². The van der Waals surface area contributed by atoms with E-state index in [4.69, 9.17) is 0 Å². The third kappa shape index (κ3) is 3.23. The van der Waals surface area contributed by atoms with Gasteiger partial charge in [-0.3, -0.25) is 0 Å². The average Bonchev–Trinajstić information content (AvgIpc) is 2.82. The first kappa shape index (κ1) is 14.2. The van der Waals surface area contributed by atoms with Crippen molar-refractivity contribution in [2.24, 2.45) is 0 Å². The van der Waals surface area contributed by atoms with Gasteiger partial charge in [0.05, 0.1) is 10.4 Å². The highest BCUT2D eigenvalue weighted by atomic mass is 32.2. The van der Waals surface area contributed by atoms with E-state index >= 15 is 0 Å². The topological polar surface area (TPSA) is 46.2 Å². The number of nitrogens with one attached hydrogen (secondary N) is 1. The highest BCUT2D eigenvalue weighted by Crippen LogP contribution is 2.26. The van der Waals surface area contributed by atoms with Crippen molar-refractivity contribution in [1.82, 2.24) is 4.72 Å². The van der Waals surface area contributed by atoms with Crippen LogP contribution in [0.25, 0.3) is 0 Å². The normalized spacial score (nSPS) is 12.6. The second-order valence-electron chi connectivity index (χ2n) is 5.02. The molecule has 0 fully saturated rings. The maximum atomic E-state index is 12.3. The maximum absolute atomic E-state index is 12.3. The highest BCUT2D eigenvalue weighted by Gasteiger charge is 2.28. The van der Waals surface area contributed by atoms with Crippen LogP contribution < -0.4 is 4.72 Å². The van der Waals surface area contributed by atoms with Crippen LogP contribution in [0.2, 0.25) is 0 Å². The van der Waals surface area contributed by atoms with Crippen molar-refractivity contribution >= 4 is 21.4 Å². The molecule has 5 heteroatoms. The lowest BCUT2D eigenvalue weighted by Crippen LogP contribution is -2.40. The van der Waals surface area contributed by atoms with Crippen LogP contribution in [0.15, 0.2) is 46.7 Å². The van der Waals surface area contributed by atoms with Gasteiger partial charge in [-0.2, -0.15) is 0 Å². The molecule has 1 aromatic carbocycles. The minimum atomic E-state index is -3.50. The van der Waals surface area contributed by atoms with Crippen molar-refractivity contribution < 1.29 is 8.42 Å². The Labute approximate surface area is 118 Å². The molecule has 0 spiro atoms. The summed E-state index contributed by atoms with van der Waals surface area (Å²) in [6, 6.07) is 10.7. The Morgan fingerprint density at radius 2 is 1.74 bits per heavy atom. The first-order valence-electron chi connectivity index (χ1n) is 5.96. The van der Waals surface area contributed by atoms with Crippen molar-refractivity contribution in [3.63, 3.8) is 0 Å². The van der Waals surface area contributed by atoms with Gasteiger partial charge in [0.2, 0.25) is 10.0 Å². The maximum Gasteiger partial charge on any atom is 0.241 e. The van der Waals surface area contributed by atoms with Gasteiger partial charge in [-0.25, -0.2) is 13.1 Å². The SMILES string of the molecule is Cc1ccc(S(=O)(=O)NC(C)(C)c2cccs2)cc1. The number of hydrogen-bond donors (Lipinski definition) is 1. The lowest BCUT2D eigenvalue weighted by atomic mass is 10.1. The van der Waals surface area contributed by atoms with E-state index in [9.17, 15) is 8.42 Å². The summed E-state index contributed by atoms with van der Waals surface area (Å²) in [6.07, 6.45) is 0. The van der Waals surface area contributed by atoms with E-state index in [1.807, 2.05) is 38.3 Å². The fourth-order valence-corrected chi connectivity index (χ4v) is 4.06. The number of rotatable bonds is 4. The zero-order valence-corrected chi connectivity index (χ0v) is 12.8. The van der Waals surface area contributed by atoms with Gasteiger partial charge in [0.25, 0.3) is 0 Å². The van der Waals surface area contributed by atoms with Gasteiger partial charge >= 0.3 is 0 Å². The predicted octanol–water partition coefficient (Wildman–Crippen LogP) is 3.27. The molecule has 1 aromatic heterocycles. The third-order valence-corrected chi connectivity index (χ3v) is 5.72. The van der Waals surface area contributed by atoms with Gasteiger partial charge in [-0.05, 0) is 44.4 Å². The summed E-state index contributed by atoms with van der Waals surface area (Å²) in [5, 5.41) is 1.94. The third-order valence-electron chi connectivity index (χ3n) is 2.86. The molecule has 0 aliphatic heterocycles. The summed E-state index contributed by atoms with van der Waals surface area (Å²) in [7, 11) is -3.50. The Morgan fingerprint density at radius 1 is 1.11 bits per heavy atom. The van der Waals surface area contributed by atoms with Gasteiger partial charge < -0.3 is 0 Å². The summed E-state index contributed by atoms with van der Waals surface area (Å²) >= 11 is 1.54. The van der Waals surface area contributed by atoms with E-state index in [1.165, 1.54) is 0 Å².